The van der Waals surface area contributed by atoms with Crippen molar-refractivity contribution in [1.29, 1.82) is 0 Å². The molecule has 9 heteroatoms. The molecule has 1 fully saturated rings. The number of halogens is 3. The van der Waals surface area contributed by atoms with Crippen LogP contribution in [0.2, 0.25) is 0 Å². The lowest BCUT2D eigenvalue weighted by Crippen LogP contribution is -2.50. The van der Waals surface area contributed by atoms with Crippen molar-refractivity contribution in [3.05, 3.63) is 69.8 Å². The van der Waals surface area contributed by atoms with Gasteiger partial charge in [0.2, 0.25) is 5.52 Å². The number of piperidine rings is 1. The normalized spacial score (nSPS) is 21.1. The average molecular weight is 456 g/mol. The highest BCUT2D eigenvalue weighted by atomic mass is 19.4. The van der Waals surface area contributed by atoms with Gasteiger partial charge >= 0.3 is 6.18 Å². The van der Waals surface area contributed by atoms with Gasteiger partial charge in [0, 0.05) is 38.0 Å². The SMILES string of the molecule is [C-]#[N+]c1ccc2c(n1)c(N1C[C@@H](C)[C@@H](Oc3cccc(C(F)(F)F)c3)C[C@H]1C)cc(=O)n2C. The van der Waals surface area contributed by atoms with Gasteiger partial charge in [0.05, 0.1) is 16.8 Å². The summed E-state index contributed by atoms with van der Waals surface area (Å²) < 4.78 is 46.6. The van der Waals surface area contributed by atoms with E-state index < -0.39 is 11.7 Å². The molecule has 4 rings (SSSR count). The summed E-state index contributed by atoms with van der Waals surface area (Å²) in [5.41, 5.74) is 0.924. The van der Waals surface area contributed by atoms with Gasteiger partial charge in [-0.1, -0.05) is 19.6 Å². The zero-order valence-electron chi connectivity index (χ0n) is 18.4. The molecular formula is C24H23F3N4O2. The van der Waals surface area contributed by atoms with Crippen LogP contribution < -0.4 is 15.2 Å². The second kappa shape index (κ2) is 8.43. The van der Waals surface area contributed by atoms with Gasteiger partial charge in [0.25, 0.3) is 11.4 Å². The van der Waals surface area contributed by atoms with Gasteiger partial charge in [-0.05, 0) is 37.3 Å². The van der Waals surface area contributed by atoms with Crippen molar-refractivity contribution in [3.8, 4) is 5.75 Å². The highest BCUT2D eigenvalue weighted by Gasteiger charge is 2.35. The van der Waals surface area contributed by atoms with E-state index in [0.717, 1.165) is 12.1 Å². The van der Waals surface area contributed by atoms with Crippen molar-refractivity contribution in [3.63, 3.8) is 0 Å². The lowest BCUT2D eigenvalue weighted by atomic mass is 9.91. The number of hydrogen-bond acceptors (Lipinski definition) is 4. The lowest BCUT2D eigenvalue weighted by Gasteiger charge is -2.42. The van der Waals surface area contributed by atoms with E-state index in [2.05, 4.69) is 14.7 Å². The molecule has 3 atom stereocenters. The van der Waals surface area contributed by atoms with Gasteiger partial charge in [-0.2, -0.15) is 13.2 Å². The molecule has 0 radical (unpaired) electrons. The van der Waals surface area contributed by atoms with Crippen LogP contribution in [-0.4, -0.2) is 28.2 Å². The van der Waals surface area contributed by atoms with Crippen molar-refractivity contribution < 1.29 is 17.9 Å². The third-order valence-electron chi connectivity index (χ3n) is 6.15. The minimum Gasteiger partial charge on any atom is -0.490 e. The van der Waals surface area contributed by atoms with Crippen LogP contribution in [0.25, 0.3) is 15.9 Å². The molecule has 0 N–H and O–H groups in total. The summed E-state index contributed by atoms with van der Waals surface area (Å²) in [6, 6.07) is 9.68. The topological polar surface area (TPSA) is 51.7 Å². The summed E-state index contributed by atoms with van der Waals surface area (Å²) in [7, 11) is 1.66. The van der Waals surface area contributed by atoms with Crippen LogP contribution in [0.3, 0.4) is 0 Å². The molecular weight excluding hydrogens is 433 g/mol. The Balaban J connectivity index is 1.63. The van der Waals surface area contributed by atoms with E-state index in [-0.39, 0.29) is 35.2 Å². The van der Waals surface area contributed by atoms with Crippen LogP contribution in [0, 0.1) is 12.5 Å². The molecule has 33 heavy (non-hydrogen) atoms. The number of aromatic nitrogens is 2. The number of rotatable bonds is 3. The Bertz CT molecular complexity index is 1300. The Morgan fingerprint density at radius 2 is 1.94 bits per heavy atom. The molecule has 0 saturated carbocycles. The number of nitrogens with zero attached hydrogens (tertiary/aromatic N) is 4. The Kier molecular flexibility index (Phi) is 5.78. The lowest BCUT2D eigenvalue weighted by molar-refractivity contribution is -0.137. The molecule has 1 aliphatic heterocycles. The van der Waals surface area contributed by atoms with E-state index in [1.54, 1.807) is 19.2 Å². The number of benzene rings is 1. The van der Waals surface area contributed by atoms with E-state index in [0.29, 0.717) is 29.7 Å². The van der Waals surface area contributed by atoms with Crippen LogP contribution in [-0.2, 0) is 13.2 Å². The van der Waals surface area contributed by atoms with Crippen LogP contribution in [0.4, 0.5) is 24.7 Å². The highest BCUT2D eigenvalue weighted by Crippen LogP contribution is 2.35. The number of pyridine rings is 2. The first-order valence-electron chi connectivity index (χ1n) is 10.6. The fraction of sp³-hybridized carbons (Fsp3) is 0.375. The fourth-order valence-electron chi connectivity index (χ4n) is 4.31. The number of alkyl halides is 3. The molecule has 3 heterocycles. The van der Waals surface area contributed by atoms with Gasteiger partial charge in [0.15, 0.2) is 0 Å². The van der Waals surface area contributed by atoms with E-state index in [9.17, 15) is 18.0 Å². The molecule has 1 aliphatic rings. The maximum absolute atomic E-state index is 13.1. The Morgan fingerprint density at radius 1 is 1.18 bits per heavy atom. The third kappa shape index (κ3) is 4.38. The third-order valence-corrected chi connectivity index (χ3v) is 6.15. The van der Waals surface area contributed by atoms with E-state index in [1.807, 2.05) is 13.8 Å². The molecule has 1 aromatic carbocycles. The monoisotopic (exact) mass is 456 g/mol. The van der Waals surface area contributed by atoms with Gasteiger partial charge < -0.3 is 19.0 Å². The number of aryl methyl sites for hydroxylation is 1. The van der Waals surface area contributed by atoms with Crippen LogP contribution in [0.15, 0.2) is 47.3 Å². The molecule has 0 amide bonds. The molecule has 0 spiro atoms. The number of anilines is 1. The molecule has 0 unspecified atom stereocenters. The van der Waals surface area contributed by atoms with Gasteiger partial charge in [-0.3, -0.25) is 4.79 Å². The molecule has 0 bridgehead atoms. The van der Waals surface area contributed by atoms with E-state index in [1.165, 1.54) is 22.8 Å². The number of ether oxygens (including phenoxy) is 1. The Labute approximate surface area is 189 Å². The van der Waals surface area contributed by atoms with Crippen molar-refractivity contribution >= 4 is 22.5 Å². The molecule has 172 valence electrons. The van der Waals surface area contributed by atoms with Crippen LogP contribution in [0.1, 0.15) is 25.8 Å². The van der Waals surface area contributed by atoms with Crippen molar-refractivity contribution in [2.24, 2.45) is 13.0 Å². The second-order valence-corrected chi connectivity index (χ2v) is 8.47. The second-order valence-electron chi connectivity index (χ2n) is 8.47. The quantitative estimate of drug-likeness (QED) is 0.510. The largest absolute Gasteiger partial charge is 0.490 e. The number of fused-ring (bicyclic) bond motifs is 1. The van der Waals surface area contributed by atoms with Crippen LogP contribution >= 0.6 is 0 Å². The Hall–Kier alpha value is -3.54. The van der Waals surface area contributed by atoms with Crippen molar-refractivity contribution in [2.45, 2.75) is 38.6 Å². The standard InChI is InChI=1S/C24H23F3N4O2/c1-14-13-31(19-12-22(32)30(4)18-8-9-21(28-3)29-23(18)19)15(2)10-20(14)33-17-7-5-6-16(11-17)24(25,26)27/h5-9,11-12,14-15,20H,10,13H2,1-2,4H3/t14-,15-,20+/m1/s1. The maximum Gasteiger partial charge on any atom is 0.416 e. The first-order valence-corrected chi connectivity index (χ1v) is 10.6. The zero-order chi connectivity index (χ0) is 23.9. The average Bonchev–Trinajstić information content (AvgIpc) is 2.78. The maximum atomic E-state index is 13.1. The summed E-state index contributed by atoms with van der Waals surface area (Å²) in [6.07, 6.45) is -4.17. The van der Waals surface area contributed by atoms with Gasteiger partial charge in [-0.15, -0.1) is 4.98 Å². The summed E-state index contributed by atoms with van der Waals surface area (Å²) in [4.78, 5) is 22.5. The summed E-state index contributed by atoms with van der Waals surface area (Å²) in [5, 5.41) is 0. The highest BCUT2D eigenvalue weighted by molar-refractivity contribution is 5.89. The first kappa shape index (κ1) is 22.6. The summed E-state index contributed by atoms with van der Waals surface area (Å²) >= 11 is 0. The minimum absolute atomic E-state index is 0.0288. The van der Waals surface area contributed by atoms with E-state index >= 15 is 0 Å². The summed E-state index contributed by atoms with van der Waals surface area (Å²) in [6.45, 7) is 11.8. The smallest absolute Gasteiger partial charge is 0.416 e. The van der Waals surface area contributed by atoms with Crippen molar-refractivity contribution in [1.82, 2.24) is 9.55 Å². The minimum atomic E-state index is -4.43. The predicted molar refractivity (Wildman–Crippen MR) is 120 cm³/mol. The van der Waals surface area contributed by atoms with Gasteiger partial charge in [0.1, 0.15) is 11.9 Å². The molecule has 0 aliphatic carbocycles. The zero-order valence-corrected chi connectivity index (χ0v) is 18.4. The first-order chi connectivity index (χ1) is 15.6. The fourth-order valence-corrected chi connectivity index (χ4v) is 4.31. The molecule has 3 aromatic rings. The van der Waals surface area contributed by atoms with Crippen molar-refractivity contribution in [2.75, 3.05) is 11.4 Å². The Morgan fingerprint density at radius 3 is 2.64 bits per heavy atom. The number of hydrogen-bond donors (Lipinski definition) is 0. The molecule has 1 saturated heterocycles. The van der Waals surface area contributed by atoms with Crippen LogP contribution in [0.5, 0.6) is 5.75 Å². The van der Waals surface area contributed by atoms with Gasteiger partial charge in [-0.25, -0.2) is 0 Å². The summed E-state index contributed by atoms with van der Waals surface area (Å²) in [5.74, 6) is 0.398. The molecule has 6 nitrogen and oxygen atoms in total. The predicted octanol–water partition coefficient (Wildman–Crippen LogP) is 5.19. The molecule has 2 aromatic heterocycles. The van der Waals surface area contributed by atoms with E-state index in [4.69, 9.17) is 11.3 Å².